The third-order valence-electron chi connectivity index (χ3n) is 8.61. The highest BCUT2D eigenvalue weighted by molar-refractivity contribution is 6.33. The Balaban J connectivity index is 1.21. The van der Waals surface area contributed by atoms with Gasteiger partial charge in [-0.1, -0.05) is 35.9 Å². The van der Waals surface area contributed by atoms with E-state index in [4.69, 9.17) is 16.6 Å². The zero-order chi connectivity index (χ0) is 24.5. The summed E-state index contributed by atoms with van der Waals surface area (Å²) in [6.45, 7) is 6.54. The predicted octanol–water partition coefficient (Wildman–Crippen LogP) is 6.00. The Morgan fingerprint density at radius 1 is 1.06 bits per heavy atom. The van der Waals surface area contributed by atoms with Gasteiger partial charge in [-0.15, -0.1) is 0 Å². The van der Waals surface area contributed by atoms with Gasteiger partial charge in [0, 0.05) is 35.5 Å². The normalized spacial score (nSPS) is 31.5. The van der Waals surface area contributed by atoms with Gasteiger partial charge < -0.3 is 10.2 Å². The smallest absolute Gasteiger partial charge is 0.255 e. The average molecular weight is 489 g/mol. The van der Waals surface area contributed by atoms with Crippen LogP contribution in [0.2, 0.25) is 5.02 Å². The number of amides is 1. The van der Waals surface area contributed by atoms with Gasteiger partial charge in [0.2, 0.25) is 0 Å². The Bertz CT molecular complexity index is 1320. The van der Waals surface area contributed by atoms with Gasteiger partial charge in [-0.3, -0.25) is 4.79 Å². The second-order valence-electron chi connectivity index (χ2n) is 11.6. The summed E-state index contributed by atoms with van der Waals surface area (Å²) in [6, 6.07) is 14.5. The number of para-hydroxylation sites is 1. The molecule has 6 heteroatoms. The fourth-order valence-electron chi connectivity index (χ4n) is 6.76. The number of fused-ring (bicyclic) bond motifs is 3. The van der Waals surface area contributed by atoms with Gasteiger partial charge in [0.15, 0.2) is 0 Å². The van der Waals surface area contributed by atoms with Crippen molar-refractivity contribution in [2.24, 2.45) is 0 Å². The molecule has 0 spiro atoms. The molecule has 2 saturated heterocycles. The van der Waals surface area contributed by atoms with Crippen LogP contribution in [0.4, 0.5) is 0 Å². The molecule has 3 heterocycles. The maximum Gasteiger partial charge on any atom is 0.255 e. The van der Waals surface area contributed by atoms with Crippen molar-refractivity contribution in [2.75, 3.05) is 7.05 Å². The minimum Gasteiger partial charge on any atom is -0.339 e. The SMILES string of the molecule is Cc1nc([C@H]2C[C@@H]2c2ccc(C(=O)N(C)C3C[C@]4(C)CC[C@](C)(C3)N4)c(Cl)c2)c2ccccc2n1. The monoisotopic (exact) mass is 488 g/mol. The van der Waals surface area contributed by atoms with E-state index in [-0.39, 0.29) is 23.0 Å². The average Bonchev–Trinajstić information content (AvgIpc) is 3.58. The van der Waals surface area contributed by atoms with Crippen molar-refractivity contribution in [2.45, 2.75) is 81.8 Å². The van der Waals surface area contributed by atoms with Gasteiger partial charge in [-0.25, -0.2) is 9.97 Å². The number of carbonyl (C=O) groups is 1. The highest BCUT2D eigenvalue weighted by Crippen LogP contribution is 2.55. The van der Waals surface area contributed by atoms with Gasteiger partial charge in [0.1, 0.15) is 5.82 Å². The van der Waals surface area contributed by atoms with E-state index in [0.29, 0.717) is 22.4 Å². The summed E-state index contributed by atoms with van der Waals surface area (Å²) in [6.07, 6.45) is 5.34. The molecular formula is C29H33ClN4O. The Morgan fingerprint density at radius 3 is 2.49 bits per heavy atom. The fraction of sp³-hybridized carbons (Fsp3) is 0.483. The lowest BCUT2D eigenvalue weighted by molar-refractivity contribution is 0.0597. The van der Waals surface area contributed by atoms with Crippen molar-refractivity contribution in [3.8, 4) is 0 Å². The standard InChI is InChI=1S/C29H33ClN4O/c1-17-31-25-8-6-5-7-21(25)26(32-17)23-14-22(23)18-9-10-20(24(30)13-18)27(35)34(4)19-15-28(2)11-12-29(3,16-19)33-28/h5-10,13,19,22-23,33H,11-12,14-16H2,1-4H3/t19?,22-,23+,28-,29+/m1/s1. The van der Waals surface area contributed by atoms with Crippen molar-refractivity contribution in [1.82, 2.24) is 20.2 Å². The van der Waals surface area contributed by atoms with Crippen LogP contribution in [0.5, 0.6) is 0 Å². The summed E-state index contributed by atoms with van der Waals surface area (Å²) in [5, 5.41) is 5.48. The lowest BCUT2D eigenvalue weighted by Gasteiger charge is -2.45. The van der Waals surface area contributed by atoms with E-state index >= 15 is 0 Å². The molecule has 1 saturated carbocycles. The second-order valence-corrected chi connectivity index (χ2v) is 12.0. The topological polar surface area (TPSA) is 58.1 Å². The molecule has 3 fully saturated rings. The van der Waals surface area contributed by atoms with Crippen molar-refractivity contribution in [3.05, 3.63) is 70.1 Å². The first kappa shape index (κ1) is 22.9. The number of hydrogen-bond donors (Lipinski definition) is 1. The van der Waals surface area contributed by atoms with Crippen LogP contribution in [0.3, 0.4) is 0 Å². The fourth-order valence-corrected chi connectivity index (χ4v) is 7.03. The van der Waals surface area contributed by atoms with Gasteiger partial charge in [-0.05, 0) is 82.6 Å². The van der Waals surface area contributed by atoms with Crippen LogP contribution in [-0.2, 0) is 0 Å². The van der Waals surface area contributed by atoms with Crippen LogP contribution in [-0.4, -0.2) is 44.9 Å². The molecule has 35 heavy (non-hydrogen) atoms. The van der Waals surface area contributed by atoms with Crippen LogP contribution in [0.25, 0.3) is 10.9 Å². The highest BCUT2D eigenvalue weighted by atomic mass is 35.5. The second kappa shape index (κ2) is 8.01. The van der Waals surface area contributed by atoms with Crippen LogP contribution in [0.1, 0.15) is 85.2 Å². The van der Waals surface area contributed by atoms with Crippen molar-refractivity contribution < 1.29 is 4.79 Å². The summed E-state index contributed by atoms with van der Waals surface area (Å²) >= 11 is 6.73. The first-order chi connectivity index (χ1) is 16.6. The summed E-state index contributed by atoms with van der Waals surface area (Å²) in [5.74, 6) is 1.55. The number of aryl methyl sites for hydroxylation is 1. The van der Waals surface area contributed by atoms with Gasteiger partial charge in [-0.2, -0.15) is 0 Å². The van der Waals surface area contributed by atoms with E-state index in [0.717, 1.165) is 41.7 Å². The van der Waals surface area contributed by atoms with E-state index in [9.17, 15) is 4.79 Å². The number of nitrogens with one attached hydrogen (secondary N) is 1. The maximum atomic E-state index is 13.5. The molecule has 5 atom stereocenters. The maximum absolute atomic E-state index is 13.5. The number of aromatic nitrogens is 2. The van der Waals surface area contributed by atoms with Crippen LogP contribution < -0.4 is 5.32 Å². The number of carbonyl (C=O) groups excluding carboxylic acids is 1. The number of nitrogens with zero attached hydrogens (tertiary/aromatic N) is 3. The molecule has 1 unspecified atom stereocenters. The molecule has 1 amide bonds. The molecule has 5 nitrogen and oxygen atoms in total. The summed E-state index contributed by atoms with van der Waals surface area (Å²) in [7, 11) is 1.94. The first-order valence-corrected chi connectivity index (χ1v) is 13.1. The Kier molecular flexibility index (Phi) is 5.25. The first-order valence-electron chi connectivity index (χ1n) is 12.7. The minimum absolute atomic E-state index is 0.0183. The van der Waals surface area contributed by atoms with Crippen LogP contribution in [0.15, 0.2) is 42.5 Å². The molecule has 0 radical (unpaired) electrons. The molecule has 1 N–H and O–H groups in total. The molecule has 2 bridgehead atoms. The van der Waals surface area contributed by atoms with E-state index in [1.807, 2.05) is 49.2 Å². The molecule has 6 rings (SSSR count). The molecule has 2 aromatic carbocycles. The lowest BCUT2D eigenvalue weighted by atomic mass is 9.84. The van der Waals surface area contributed by atoms with Crippen LogP contribution in [0, 0.1) is 6.92 Å². The Hall–Kier alpha value is -2.50. The molecular weight excluding hydrogens is 456 g/mol. The third kappa shape index (κ3) is 4.03. The highest BCUT2D eigenvalue weighted by Gasteiger charge is 2.50. The quantitative estimate of drug-likeness (QED) is 0.489. The van der Waals surface area contributed by atoms with E-state index in [1.165, 1.54) is 18.4 Å². The summed E-state index contributed by atoms with van der Waals surface area (Å²) < 4.78 is 0. The number of piperidine rings is 1. The van der Waals surface area contributed by atoms with Crippen LogP contribution >= 0.6 is 11.6 Å². The minimum atomic E-state index is 0.0183. The predicted molar refractivity (Wildman–Crippen MR) is 140 cm³/mol. The van der Waals surface area contributed by atoms with Gasteiger partial charge in [0.25, 0.3) is 5.91 Å². The van der Waals surface area contributed by atoms with E-state index < -0.39 is 0 Å². The van der Waals surface area contributed by atoms with Crippen molar-refractivity contribution in [1.29, 1.82) is 0 Å². The molecule has 3 aromatic rings. The molecule has 182 valence electrons. The summed E-state index contributed by atoms with van der Waals surface area (Å²) in [4.78, 5) is 24.8. The zero-order valence-electron chi connectivity index (χ0n) is 20.9. The van der Waals surface area contributed by atoms with Crippen molar-refractivity contribution in [3.63, 3.8) is 0 Å². The molecule has 3 aliphatic rings. The van der Waals surface area contributed by atoms with E-state index in [2.05, 4.69) is 36.3 Å². The third-order valence-corrected chi connectivity index (χ3v) is 8.92. The zero-order valence-corrected chi connectivity index (χ0v) is 21.7. The van der Waals surface area contributed by atoms with Crippen molar-refractivity contribution >= 4 is 28.4 Å². The van der Waals surface area contributed by atoms with Gasteiger partial charge >= 0.3 is 0 Å². The summed E-state index contributed by atoms with van der Waals surface area (Å²) in [5.41, 5.74) is 4.13. The van der Waals surface area contributed by atoms with E-state index in [1.54, 1.807) is 0 Å². The number of benzene rings is 2. The Morgan fingerprint density at radius 2 is 1.77 bits per heavy atom. The molecule has 1 aliphatic carbocycles. The Labute approximate surface area is 212 Å². The molecule has 1 aromatic heterocycles. The lowest BCUT2D eigenvalue weighted by Crippen LogP contribution is -2.59. The van der Waals surface area contributed by atoms with Gasteiger partial charge in [0.05, 0.1) is 21.8 Å². The molecule has 2 aliphatic heterocycles. The number of halogens is 1. The largest absolute Gasteiger partial charge is 0.339 e. The number of rotatable bonds is 4. The number of hydrogen-bond acceptors (Lipinski definition) is 4.